The van der Waals surface area contributed by atoms with Crippen molar-refractivity contribution >= 4 is 21.8 Å². The molecule has 0 fully saturated rings. The van der Waals surface area contributed by atoms with Crippen LogP contribution in [0.2, 0.25) is 0 Å². The van der Waals surface area contributed by atoms with Crippen molar-refractivity contribution in [3.05, 3.63) is 58.4 Å². The van der Waals surface area contributed by atoms with Crippen LogP contribution in [0, 0.1) is 5.92 Å². The Bertz CT molecular complexity index is 1200. The molecule has 2 aromatic rings. The van der Waals surface area contributed by atoms with Crippen molar-refractivity contribution in [3.63, 3.8) is 0 Å². The highest BCUT2D eigenvalue weighted by Crippen LogP contribution is 2.40. The number of amides is 2. The Hall–Kier alpha value is -2.94. The summed E-state index contributed by atoms with van der Waals surface area (Å²) in [6.07, 6.45) is -1.01. The van der Waals surface area contributed by atoms with Gasteiger partial charge in [0.25, 0.3) is 5.91 Å². The molecule has 0 saturated heterocycles. The van der Waals surface area contributed by atoms with Crippen LogP contribution in [-0.2, 0) is 28.3 Å². The third kappa shape index (κ3) is 5.09. The number of fused-ring (bicyclic) bond motifs is 1. The molecule has 1 unspecified atom stereocenters. The molecule has 184 valence electrons. The van der Waals surface area contributed by atoms with E-state index in [1.54, 1.807) is 31.2 Å². The van der Waals surface area contributed by atoms with E-state index in [-0.39, 0.29) is 46.7 Å². The molecule has 8 nitrogen and oxygen atoms in total. The summed E-state index contributed by atoms with van der Waals surface area (Å²) >= 11 is 0. The minimum Gasteiger partial charge on any atom is -0.465 e. The second kappa shape index (κ2) is 9.37. The van der Waals surface area contributed by atoms with Crippen LogP contribution in [0.1, 0.15) is 80.5 Å². The lowest BCUT2D eigenvalue weighted by atomic mass is 9.84. The van der Waals surface area contributed by atoms with Crippen LogP contribution in [0.4, 0.5) is 4.79 Å². The first kappa shape index (κ1) is 25.7. The number of rotatable bonds is 6. The second-order valence-electron chi connectivity index (χ2n) is 10.0. The number of aromatic nitrogens is 1. The van der Waals surface area contributed by atoms with Gasteiger partial charge in [0, 0.05) is 6.54 Å². The maximum atomic E-state index is 13.3. The number of benzene rings is 1. The number of pyridine rings is 1. The number of sulfone groups is 1. The van der Waals surface area contributed by atoms with Crippen molar-refractivity contribution < 1.29 is 23.1 Å². The van der Waals surface area contributed by atoms with Crippen LogP contribution in [0.15, 0.2) is 35.2 Å². The molecular weight excluding hydrogens is 454 g/mol. The number of hydrogen-bond acceptors (Lipinski definition) is 5. The van der Waals surface area contributed by atoms with Gasteiger partial charge >= 0.3 is 6.09 Å². The van der Waals surface area contributed by atoms with E-state index in [1.807, 2.05) is 40.7 Å². The summed E-state index contributed by atoms with van der Waals surface area (Å²) in [7, 11) is -3.28. The van der Waals surface area contributed by atoms with Crippen molar-refractivity contribution in [2.45, 2.75) is 71.0 Å². The normalized spacial score (nSPS) is 16.0. The zero-order valence-electron chi connectivity index (χ0n) is 20.5. The van der Waals surface area contributed by atoms with Crippen molar-refractivity contribution in [2.75, 3.05) is 5.75 Å². The minimum absolute atomic E-state index is 0.000776. The summed E-state index contributed by atoms with van der Waals surface area (Å²) < 4.78 is 24.0. The summed E-state index contributed by atoms with van der Waals surface area (Å²) in [6.45, 7) is 11.9. The number of carboxylic acid groups (broad SMARTS) is 1. The molecule has 34 heavy (non-hydrogen) atoms. The molecule has 1 aliphatic heterocycles. The largest absolute Gasteiger partial charge is 0.465 e. The molecule has 1 atom stereocenters. The van der Waals surface area contributed by atoms with E-state index < -0.39 is 22.0 Å². The van der Waals surface area contributed by atoms with E-state index in [0.29, 0.717) is 5.69 Å². The smallest absolute Gasteiger partial charge is 0.408 e. The fourth-order valence-corrected chi connectivity index (χ4v) is 5.12. The molecule has 1 aromatic heterocycles. The number of nitrogens with one attached hydrogen (secondary N) is 1. The van der Waals surface area contributed by atoms with Gasteiger partial charge in [0.15, 0.2) is 9.84 Å². The maximum absolute atomic E-state index is 13.3. The van der Waals surface area contributed by atoms with Crippen LogP contribution >= 0.6 is 0 Å². The van der Waals surface area contributed by atoms with Gasteiger partial charge in [-0.05, 0) is 46.2 Å². The highest BCUT2D eigenvalue weighted by Gasteiger charge is 2.39. The highest BCUT2D eigenvalue weighted by atomic mass is 32.2. The SMILES string of the molecule is CCS(=O)(=O)c1ccc(CNC(=O)c2nc3c(cc2C(C)(C)C)CN(C(=O)O)C3C(C)C)cc1. The molecule has 0 bridgehead atoms. The Morgan fingerprint density at radius 1 is 1.21 bits per heavy atom. The van der Waals surface area contributed by atoms with Crippen LogP contribution < -0.4 is 5.32 Å². The van der Waals surface area contributed by atoms with E-state index in [1.165, 1.54) is 4.90 Å². The predicted octanol–water partition coefficient (Wildman–Crippen LogP) is 4.29. The summed E-state index contributed by atoms with van der Waals surface area (Å²) in [5.74, 6) is -0.326. The van der Waals surface area contributed by atoms with Crippen LogP contribution in [0.3, 0.4) is 0 Å². The average molecular weight is 488 g/mol. The van der Waals surface area contributed by atoms with Gasteiger partial charge in [-0.3, -0.25) is 9.69 Å². The van der Waals surface area contributed by atoms with Gasteiger partial charge in [0.05, 0.1) is 28.9 Å². The molecule has 1 aliphatic rings. The number of nitrogens with zero attached hydrogens (tertiary/aromatic N) is 2. The first-order valence-electron chi connectivity index (χ1n) is 11.4. The van der Waals surface area contributed by atoms with E-state index in [0.717, 1.165) is 16.7 Å². The Morgan fingerprint density at radius 2 is 1.82 bits per heavy atom. The lowest BCUT2D eigenvalue weighted by molar-refractivity contribution is 0.0942. The van der Waals surface area contributed by atoms with Gasteiger partial charge < -0.3 is 10.4 Å². The Morgan fingerprint density at radius 3 is 2.32 bits per heavy atom. The average Bonchev–Trinajstić information content (AvgIpc) is 3.15. The number of hydrogen-bond donors (Lipinski definition) is 2. The van der Waals surface area contributed by atoms with Crippen molar-refractivity contribution in [1.82, 2.24) is 15.2 Å². The topological polar surface area (TPSA) is 117 Å². The Balaban J connectivity index is 1.91. The standard InChI is InChI=1S/C25H33N3O5S/c1-7-34(32,33)18-10-8-16(9-11-18)13-26-23(29)21-19(25(4,5)6)12-17-14-28(24(30)31)22(15(2)3)20(17)27-21/h8-12,15,22H,7,13-14H2,1-6H3,(H,26,29)(H,30,31). The molecule has 0 radical (unpaired) electrons. The van der Waals surface area contributed by atoms with E-state index >= 15 is 0 Å². The quantitative estimate of drug-likeness (QED) is 0.628. The molecular formula is C25H33N3O5S. The first-order valence-corrected chi connectivity index (χ1v) is 13.0. The predicted molar refractivity (Wildman–Crippen MR) is 129 cm³/mol. The van der Waals surface area contributed by atoms with Gasteiger partial charge in [0.1, 0.15) is 5.69 Å². The third-order valence-electron chi connectivity index (χ3n) is 6.11. The monoisotopic (exact) mass is 487 g/mol. The molecule has 3 rings (SSSR count). The maximum Gasteiger partial charge on any atom is 0.408 e. The van der Waals surface area contributed by atoms with Gasteiger partial charge in [-0.15, -0.1) is 0 Å². The second-order valence-corrected chi connectivity index (χ2v) is 12.3. The number of carbonyl (C=O) groups is 2. The summed E-state index contributed by atoms with van der Waals surface area (Å²) in [5.41, 5.74) is 2.88. The highest BCUT2D eigenvalue weighted by molar-refractivity contribution is 7.91. The fourth-order valence-electron chi connectivity index (χ4n) is 4.24. The zero-order valence-corrected chi connectivity index (χ0v) is 21.4. The summed E-state index contributed by atoms with van der Waals surface area (Å²) in [4.78, 5) is 31.4. The van der Waals surface area contributed by atoms with E-state index in [9.17, 15) is 23.1 Å². The Labute approximate surface area is 201 Å². The van der Waals surface area contributed by atoms with Gasteiger partial charge in [-0.2, -0.15) is 0 Å². The Kier molecular flexibility index (Phi) is 7.07. The molecule has 0 aliphatic carbocycles. The van der Waals surface area contributed by atoms with Crippen LogP contribution in [0.25, 0.3) is 0 Å². The third-order valence-corrected chi connectivity index (χ3v) is 7.86. The molecule has 9 heteroatoms. The molecule has 1 aromatic carbocycles. The van der Waals surface area contributed by atoms with Crippen molar-refractivity contribution in [2.24, 2.45) is 5.92 Å². The number of carbonyl (C=O) groups excluding carboxylic acids is 1. The summed E-state index contributed by atoms with van der Waals surface area (Å²) in [6, 6.07) is 7.96. The van der Waals surface area contributed by atoms with Gasteiger partial charge in [-0.1, -0.05) is 53.7 Å². The van der Waals surface area contributed by atoms with Crippen molar-refractivity contribution in [1.29, 1.82) is 0 Å². The van der Waals surface area contributed by atoms with Crippen molar-refractivity contribution in [3.8, 4) is 0 Å². The zero-order chi connectivity index (χ0) is 25.4. The van der Waals surface area contributed by atoms with E-state index in [4.69, 9.17) is 4.98 Å². The van der Waals surface area contributed by atoms with Gasteiger partial charge in [-0.25, -0.2) is 18.2 Å². The summed E-state index contributed by atoms with van der Waals surface area (Å²) in [5, 5.41) is 12.6. The fraction of sp³-hybridized carbons (Fsp3) is 0.480. The molecule has 2 N–H and O–H groups in total. The van der Waals surface area contributed by atoms with Gasteiger partial charge in [0.2, 0.25) is 0 Å². The van der Waals surface area contributed by atoms with Crippen LogP contribution in [0.5, 0.6) is 0 Å². The molecule has 0 saturated carbocycles. The molecule has 2 heterocycles. The van der Waals surface area contributed by atoms with Crippen LogP contribution in [-0.4, -0.2) is 41.2 Å². The minimum atomic E-state index is -3.28. The lowest BCUT2D eigenvalue weighted by Crippen LogP contribution is -2.31. The molecule has 2 amide bonds. The first-order chi connectivity index (χ1) is 15.8. The molecule has 0 spiro atoms. The van der Waals surface area contributed by atoms with E-state index in [2.05, 4.69) is 5.32 Å². The lowest BCUT2D eigenvalue weighted by Gasteiger charge is -2.26.